The summed E-state index contributed by atoms with van der Waals surface area (Å²) in [5.41, 5.74) is 1.47. The first-order valence-electron chi connectivity index (χ1n) is 14.1. The molecule has 0 radical (unpaired) electrons. The fourth-order valence-electron chi connectivity index (χ4n) is 5.94. The number of anilines is 1. The lowest BCUT2D eigenvalue weighted by Gasteiger charge is -2.29. The third-order valence-electron chi connectivity index (χ3n) is 8.12. The molecule has 1 aliphatic carbocycles. The Hall–Kier alpha value is -3.83. The second-order valence-corrected chi connectivity index (χ2v) is 11.2. The van der Waals surface area contributed by atoms with Gasteiger partial charge in [-0.1, -0.05) is 23.7 Å². The van der Waals surface area contributed by atoms with Crippen molar-refractivity contribution in [3.05, 3.63) is 81.6 Å². The summed E-state index contributed by atoms with van der Waals surface area (Å²) in [5.74, 6) is 0.484. The summed E-state index contributed by atoms with van der Waals surface area (Å²) >= 11 is 5.91. The van der Waals surface area contributed by atoms with Crippen molar-refractivity contribution in [3.8, 4) is 5.69 Å². The maximum atomic E-state index is 13.8. The zero-order valence-electron chi connectivity index (χ0n) is 22.9. The zero-order chi connectivity index (χ0) is 29.2. The van der Waals surface area contributed by atoms with Gasteiger partial charge in [0.15, 0.2) is 0 Å². The van der Waals surface area contributed by atoms with Gasteiger partial charge in [-0.05, 0) is 61.9 Å². The smallest absolute Gasteiger partial charge is 0.333 e. The van der Waals surface area contributed by atoms with E-state index in [1.807, 2.05) is 41.0 Å². The van der Waals surface area contributed by atoms with E-state index >= 15 is 0 Å². The molecule has 42 heavy (non-hydrogen) atoms. The fourth-order valence-corrected chi connectivity index (χ4v) is 6.10. The van der Waals surface area contributed by atoms with E-state index in [4.69, 9.17) is 16.3 Å². The molecule has 1 aliphatic heterocycles. The molecule has 220 valence electrons. The van der Waals surface area contributed by atoms with E-state index in [0.29, 0.717) is 38.3 Å². The van der Waals surface area contributed by atoms with E-state index in [1.54, 1.807) is 10.8 Å². The molecule has 0 bridgehead atoms. The molecule has 4 aromatic rings. The van der Waals surface area contributed by atoms with E-state index < -0.39 is 18.0 Å². The number of fused-ring (bicyclic) bond motifs is 1. The van der Waals surface area contributed by atoms with Crippen LogP contribution >= 0.6 is 11.6 Å². The summed E-state index contributed by atoms with van der Waals surface area (Å²) in [6, 6.07) is 12.7. The van der Waals surface area contributed by atoms with Gasteiger partial charge in [0.2, 0.25) is 0 Å². The number of pyridine rings is 2. The molecule has 3 aromatic heterocycles. The van der Waals surface area contributed by atoms with Crippen LogP contribution in [0.2, 0.25) is 5.02 Å². The molecule has 1 saturated heterocycles. The number of para-hydroxylation sites is 2. The van der Waals surface area contributed by atoms with Gasteiger partial charge in [0.25, 0.3) is 12.3 Å². The first-order chi connectivity index (χ1) is 20.4. The average Bonchev–Trinajstić information content (AvgIpc) is 3.29. The number of alkyl halides is 2. The van der Waals surface area contributed by atoms with Crippen LogP contribution in [0.15, 0.2) is 59.7 Å². The van der Waals surface area contributed by atoms with Gasteiger partial charge in [-0.2, -0.15) is 0 Å². The molecule has 12 heteroatoms. The number of rotatable bonds is 7. The van der Waals surface area contributed by atoms with Crippen LogP contribution in [-0.4, -0.2) is 57.4 Å². The second kappa shape index (κ2) is 12.2. The summed E-state index contributed by atoms with van der Waals surface area (Å²) in [6.07, 6.45) is 2.89. The highest BCUT2D eigenvalue weighted by Gasteiger charge is 2.27. The van der Waals surface area contributed by atoms with Crippen molar-refractivity contribution in [2.24, 2.45) is 5.92 Å². The Morgan fingerprint density at radius 1 is 1.02 bits per heavy atom. The van der Waals surface area contributed by atoms with Crippen LogP contribution in [-0.2, 0) is 11.3 Å². The Kier molecular flexibility index (Phi) is 8.21. The van der Waals surface area contributed by atoms with E-state index in [0.717, 1.165) is 49.0 Å². The minimum atomic E-state index is -2.88. The average molecular weight is 597 g/mol. The number of nitrogens with zero attached hydrogens (tertiary/aromatic N) is 5. The zero-order valence-corrected chi connectivity index (χ0v) is 23.6. The predicted molar refractivity (Wildman–Crippen MR) is 156 cm³/mol. The number of benzene rings is 1. The fraction of sp³-hybridized carbons (Fsp3) is 0.400. The number of nitrogens with one attached hydrogen (secondary N) is 1. The summed E-state index contributed by atoms with van der Waals surface area (Å²) in [5, 5.41) is 3.00. The van der Waals surface area contributed by atoms with E-state index in [-0.39, 0.29) is 28.2 Å². The Balaban J connectivity index is 1.15. The number of ether oxygens (including phenoxy) is 1. The van der Waals surface area contributed by atoms with E-state index in [2.05, 4.69) is 20.2 Å². The van der Waals surface area contributed by atoms with E-state index in [9.17, 15) is 18.4 Å². The predicted octanol–water partition coefficient (Wildman–Crippen LogP) is 5.00. The van der Waals surface area contributed by atoms with Crippen molar-refractivity contribution in [3.63, 3.8) is 0 Å². The molecule has 0 atom stereocenters. The van der Waals surface area contributed by atoms with Gasteiger partial charge in [-0.3, -0.25) is 18.9 Å². The van der Waals surface area contributed by atoms with Crippen LogP contribution in [0.4, 0.5) is 14.6 Å². The highest BCUT2D eigenvalue weighted by Crippen LogP contribution is 2.29. The summed E-state index contributed by atoms with van der Waals surface area (Å²) < 4.78 is 35.7. The first-order valence-corrected chi connectivity index (χ1v) is 14.5. The topological polar surface area (TPSA) is 94.3 Å². The van der Waals surface area contributed by atoms with Crippen molar-refractivity contribution < 1.29 is 18.3 Å². The molecular formula is C30H31ClF2N6O3. The summed E-state index contributed by atoms with van der Waals surface area (Å²) in [6.45, 7) is 3.45. The third kappa shape index (κ3) is 5.76. The largest absolute Gasteiger partial charge is 0.378 e. The first kappa shape index (κ1) is 28.3. The van der Waals surface area contributed by atoms with Gasteiger partial charge in [0, 0.05) is 31.9 Å². The van der Waals surface area contributed by atoms with Crippen LogP contribution in [0.1, 0.15) is 48.2 Å². The maximum absolute atomic E-state index is 13.8. The number of hydrogen-bond acceptors (Lipinski definition) is 6. The van der Waals surface area contributed by atoms with Crippen LogP contribution < -0.4 is 15.9 Å². The SMILES string of the molecule is O=C(NC1CCC(Cn2c(=O)n(-c3ccc(N4CCOCC4)nc3)c3ccccc32)CC1)c1cc(Cl)cnc1C(F)F. The Morgan fingerprint density at radius 3 is 2.45 bits per heavy atom. The molecule has 1 saturated carbocycles. The highest BCUT2D eigenvalue weighted by molar-refractivity contribution is 6.30. The number of imidazole rings is 1. The molecule has 4 heterocycles. The normalized spacial score (nSPS) is 19.4. The van der Waals surface area contributed by atoms with Crippen molar-refractivity contribution >= 4 is 34.4 Å². The molecule has 1 amide bonds. The lowest BCUT2D eigenvalue weighted by atomic mass is 9.85. The number of halogens is 3. The van der Waals surface area contributed by atoms with Gasteiger partial charge in [0.1, 0.15) is 11.5 Å². The van der Waals surface area contributed by atoms with Gasteiger partial charge in [-0.25, -0.2) is 18.6 Å². The van der Waals surface area contributed by atoms with Crippen LogP contribution in [0.3, 0.4) is 0 Å². The summed E-state index contributed by atoms with van der Waals surface area (Å²) in [7, 11) is 0. The lowest BCUT2D eigenvalue weighted by Crippen LogP contribution is -2.39. The second-order valence-electron chi connectivity index (χ2n) is 10.8. The molecule has 0 spiro atoms. The van der Waals surface area contributed by atoms with Gasteiger partial charge >= 0.3 is 5.69 Å². The number of carbonyl (C=O) groups excluding carboxylic acids is 1. The van der Waals surface area contributed by atoms with Gasteiger partial charge in [0.05, 0.1) is 46.7 Å². The van der Waals surface area contributed by atoms with Crippen LogP contribution in [0.25, 0.3) is 16.7 Å². The third-order valence-corrected chi connectivity index (χ3v) is 8.33. The molecule has 6 rings (SSSR count). The minimum Gasteiger partial charge on any atom is -0.378 e. The van der Waals surface area contributed by atoms with Crippen LogP contribution in [0.5, 0.6) is 0 Å². The van der Waals surface area contributed by atoms with Crippen molar-refractivity contribution in [1.29, 1.82) is 0 Å². The van der Waals surface area contributed by atoms with Crippen molar-refractivity contribution in [1.82, 2.24) is 24.4 Å². The number of hydrogen-bond donors (Lipinski definition) is 1. The standard InChI is InChI=1S/C30H31ClF2N6O3/c31-20-15-23(27(28(32)33)35-16-20)29(40)36-21-7-5-19(6-8-21)18-38-24-3-1-2-4-25(24)39(30(38)41)22-9-10-26(34-17-22)37-11-13-42-14-12-37/h1-4,9-10,15-17,19,21,28H,5-8,11-14,18H2,(H,36,40). The van der Waals surface area contributed by atoms with Gasteiger partial charge < -0.3 is 15.0 Å². The Morgan fingerprint density at radius 2 is 1.76 bits per heavy atom. The number of morpholine rings is 1. The molecular weight excluding hydrogens is 566 g/mol. The monoisotopic (exact) mass is 596 g/mol. The Labute approximate surface area is 246 Å². The van der Waals surface area contributed by atoms with Gasteiger partial charge in [-0.15, -0.1) is 0 Å². The number of carbonyl (C=O) groups is 1. The minimum absolute atomic E-state index is 0.125. The number of aromatic nitrogens is 4. The molecule has 0 unspecified atom stereocenters. The lowest BCUT2D eigenvalue weighted by molar-refractivity contribution is 0.0904. The van der Waals surface area contributed by atoms with Crippen molar-refractivity contribution in [2.75, 3.05) is 31.2 Å². The summed E-state index contributed by atoms with van der Waals surface area (Å²) in [4.78, 5) is 37.0. The maximum Gasteiger partial charge on any atom is 0.333 e. The quantitative estimate of drug-likeness (QED) is 0.323. The molecule has 9 nitrogen and oxygen atoms in total. The van der Waals surface area contributed by atoms with E-state index in [1.165, 1.54) is 6.07 Å². The highest BCUT2D eigenvalue weighted by atomic mass is 35.5. The molecule has 1 N–H and O–H groups in total. The number of amides is 1. The van der Waals surface area contributed by atoms with Crippen LogP contribution in [0, 0.1) is 5.92 Å². The molecule has 2 aliphatic rings. The molecule has 2 fully saturated rings. The molecule has 1 aromatic carbocycles. The Bertz CT molecular complexity index is 1630. The van der Waals surface area contributed by atoms with Crippen molar-refractivity contribution in [2.45, 2.75) is 44.7 Å².